The van der Waals surface area contributed by atoms with E-state index in [9.17, 15) is 8.42 Å². The summed E-state index contributed by atoms with van der Waals surface area (Å²) < 4.78 is 29.8. The molecule has 1 rings (SSSR count). The largest absolute Gasteiger partial charge is 0.330 e. The number of rotatable bonds is 8. The number of aromatic nitrogens is 2. The van der Waals surface area contributed by atoms with Gasteiger partial charge in [-0.05, 0) is 39.2 Å². The maximum atomic E-state index is 12.6. The molecule has 0 aliphatic heterocycles. The Balaban J connectivity index is 3.11. The Morgan fingerprint density at radius 2 is 1.95 bits per heavy atom. The number of hydrogen-bond acceptors (Lipinski definition) is 4. The molecule has 1 aromatic rings. The van der Waals surface area contributed by atoms with Crippen LogP contribution >= 0.6 is 0 Å². The Bertz CT molecular complexity index is 564. The van der Waals surface area contributed by atoms with Gasteiger partial charge in [0.05, 0.1) is 11.4 Å². The highest BCUT2D eigenvalue weighted by molar-refractivity contribution is 7.89. The van der Waals surface area contributed by atoms with Crippen LogP contribution < -0.4 is 10.5 Å². The van der Waals surface area contributed by atoms with Crippen LogP contribution in [0.4, 0.5) is 0 Å². The summed E-state index contributed by atoms with van der Waals surface area (Å²) in [5.74, 6) is 0.248. The Morgan fingerprint density at radius 3 is 2.43 bits per heavy atom. The summed E-state index contributed by atoms with van der Waals surface area (Å²) in [6, 6.07) is -0.0683. The van der Waals surface area contributed by atoms with Crippen LogP contribution in [0.15, 0.2) is 4.90 Å². The monoisotopic (exact) mass is 316 g/mol. The predicted molar refractivity (Wildman–Crippen MR) is 84.6 cm³/mol. The highest BCUT2D eigenvalue weighted by atomic mass is 32.2. The zero-order valence-corrected chi connectivity index (χ0v) is 14.5. The van der Waals surface area contributed by atoms with Crippen molar-refractivity contribution in [2.24, 2.45) is 11.7 Å². The van der Waals surface area contributed by atoms with Gasteiger partial charge < -0.3 is 5.73 Å². The SMILES string of the molecule is CCC(NS(=O)(=O)c1c(C)nn(CCCN)c1C)C(C)C. The fraction of sp³-hybridized carbons (Fsp3) is 0.786. The summed E-state index contributed by atoms with van der Waals surface area (Å²) in [6.45, 7) is 10.7. The first-order chi connectivity index (χ1) is 9.74. The second-order valence-electron chi connectivity index (χ2n) is 5.75. The molecular weight excluding hydrogens is 288 g/mol. The van der Waals surface area contributed by atoms with Crippen molar-refractivity contribution in [1.29, 1.82) is 0 Å². The number of nitrogens with zero attached hydrogens (tertiary/aromatic N) is 2. The number of nitrogens with one attached hydrogen (secondary N) is 1. The second kappa shape index (κ2) is 7.38. The van der Waals surface area contributed by atoms with Crippen LogP contribution in [0, 0.1) is 19.8 Å². The quantitative estimate of drug-likeness (QED) is 0.761. The minimum absolute atomic E-state index is 0.0683. The Hall–Kier alpha value is -0.920. The summed E-state index contributed by atoms with van der Waals surface area (Å²) in [4.78, 5) is 0.304. The lowest BCUT2D eigenvalue weighted by Crippen LogP contribution is -2.38. The van der Waals surface area contributed by atoms with Gasteiger partial charge in [0, 0.05) is 12.6 Å². The Morgan fingerprint density at radius 1 is 1.33 bits per heavy atom. The fourth-order valence-electron chi connectivity index (χ4n) is 2.48. The normalized spacial score (nSPS) is 13.9. The first-order valence-corrected chi connectivity index (χ1v) is 8.99. The van der Waals surface area contributed by atoms with Crippen molar-refractivity contribution in [2.75, 3.05) is 6.54 Å². The molecule has 0 aliphatic carbocycles. The summed E-state index contributed by atoms with van der Waals surface area (Å²) in [6.07, 6.45) is 1.54. The fourth-order valence-corrected chi connectivity index (χ4v) is 4.36. The molecule has 1 aromatic heterocycles. The molecule has 6 nitrogen and oxygen atoms in total. The van der Waals surface area contributed by atoms with Crippen LogP contribution in [-0.2, 0) is 16.6 Å². The summed E-state index contributed by atoms with van der Waals surface area (Å²) in [7, 11) is -3.55. The molecule has 0 bridgehead atoms. The zero-order valence-electron chi connectivity index (χ0n) is 13.7. The average Bonchev–Trinajstić information content (AvgIpc) is 2.68. The molecule has 0 aromatic carbocycles. The number of aryl methyl sites for hydroxylation is 2. The molecule has 1 heterocycles. The van der Waals surface area contributed by atoms with Gasteiger partial charge in [-0.25, -0.2) is 13.1 Å². The van der Waals surface area contributed by atoms with Crippen molar-refractivity contribution in [3.8, 4) is 0 Å². The third-order valence-corrected chi connectivity index (χ3v) is 5.45. The lowest BCUT2D eigenvalue weighted by atomic mass is 10.0. The first kappa shape index (κ1) is 18.1. The summed E-state index contributed by atoms with van der Waals surface area (Å²) in [5.41, 5.74) is 6.71. The molecule has 0 fully saturated rings. The number of hydrogen-bond donors (Lipinski definition) is 2. The highest BCUT2D eigenvalue weighted by Gasteiger charge is 2.27. The Kier molecular flexibility index (Phi) is 6.37. The van der Waals surface area contributed by atoms with E-state index in [1.807, 2.05) is 20.8 Å². The minimum Gasteiger partial charge on any atom is -0.330 e. The average molecular weight is 316 g/mol. The first-order valence-electron chi connectivity index (χ1n) is 7.51. The molecule has 0 saturated carbocycles. The van der Waals surface area contributed by atoms with Gasteiger partial charge in [-0.2, -0.15) is 5.10 Å². The standard InChI is InChI=1S/C14H28N4O2S/c1-6-13(10(2)3)17-21(19,20)14-11(4)16-18(12(14)5)9-7-8-15/h10,13,17H,6-9,15H2,1-5H3. The van der Waals surface area contributed by atoms with Crippen molar-refractivity contribution in [3.05, 3.63) is 11.4 Å². The van der Waals surface area contributed by atoms with Gasteiger partial charge in [0.25, 0.3) is 0 Å². The van der Waals surface area contributed by atoms with Crippen molar-refractivity contribution in [1.82, 2.24) is 14.5 Å². The molecule has 0 aliphatic rings. The van der Waals surface area contributed by atoms with Crippen LogP contribution in [0.3, 0.4) is 0 Å². The molecule has 122 valence electrons. The van der Waals surface area contributed by atoms with E-state index in [0.29, 0.717) is 29.4 Å². The van der Waals surface area contributed by atoms with Gasteiger partial charge in [0.1, 0.15) is 4.90 Å². The Labute approximate surface area is 128 Å². The maximum Gasteiger partial charge on any atom is 0.244 e. The van der Waals surface area contributed by atoms with E-state index < -0.39 is 10.0 Å². The molecule has 1 atom stereocenters. The van der Waals surface area contributed by atoms with Crippen LogP contribution in [0.1, 0.15) is 45.0 Å². The van der Waals surface area contributed by atoms with Gasteiger partial charge in [-0.3, -0.25) is 4.68 Å². The van der Waals surface area contributed by atoms with E-state index in [0.717, 1.165) is 12.8 Å². The number of nitrogens with two attached hydrogens (primary N) is 1. The van der Waals surface area contributed by atoms with E-state index in [2.05, 4.69) is 9.82 Å². The van der Waals surface area contributed by atoms with Crippen molar-refractivity contribution in [2.45, 2.75) is 64.9 Å². The van der Waals surface area contributed by atoms with Crippen LogP contribution in [0.2, 0.25) is 0 Å². The van der Waals surface area contributed by atoms with E-state index in [4.69, 9.17) is 5.73 Å². The molecule has 7 heteroatoms. The number of sulfonamides is 1. The van der Waals surface area contributed by atoms with E-state index >= 15 is 0 Å². The molecule has 3 N–H and O–H groups in total. The van der Waals surface area contributed by atoms with Crippen molar-refractivity contribution >= 4 is 10.0 Å². The molecule has 0 radical (unpaired) electrons. The van der Waals surface area contributed by atoms with Gasteiger partial charge in [0.15, 0.2) is 0 Å². The highest BCUT2D eigenvalue weighted by Crippen LogP contribution is 2.21. The van der Waals surface area contributed by atoms with Gasteiger partial charge in [-0.1, -0.05) is 20.8 Å². The van der Waals surface area contributed by atoms with Gasteiger partial charge in [0.2, 0.25) is 10.0 Å². The summed E-state index contributed by atoms with van der Waals surface area (Å²) in [5, 5.41) is 4.33. The van der Waals surface area contributed by atoms with Crippen molar-refractivity contribution in [3.63, 3.8) is 0 Å². The minimum atomic E-state index is -3.55. The van der Waals surface area contributed by atoms with E-state index in [1.54, 1.807) is 18.5 Å². The van der Waals surface area contributed by atoms with Crippen LogP contribution in [-0.4, -0.2) is 30.8 Å². The molecule has 1 unspecified atom stereocenters. The molecule has 0 spiro atoms. The van der Waals surface area contributed by atoms with E-state index in [1.165, 1.54) is 0 Å². The molecular formula is C14H28N4O2S. The lowest BCUT2D eigenvalue weighted by Gasteiger charge is -2.20. The molecule has 21 heavy (non-hydrogen) atoms. The maximum absolute atomic E-state index is 12.6. The van der Waals surface area contributed by atoms with Crippen molar-refractivity contribution < 1.29 is 8.42 Å². The van der Waals surface area contributed by atoms with Crippen LogP contribution in [0.5, 0.6) is 0 Å². The smallest absolute Gasteiger partial charge is 0.244 e. The third-order valence-electron chi connectivity index (χ3n) is 3.71. The predicted octanol–water partition coefficient (Wildman–Crippen LogP) is 1.56. The van der Waals surface area contributed by atoms with E-state index in [-0.39, 0.29) is 12.0 Å². The zero-order chi connectivity index (χ0) is 16.2. The van der Waals surface area contributed by atoms with Gasteiger partial charge in [-0.15, -0.1) is 0 Å². The lowest BCUT2D eigenvalue weighted by molar-refractivity contribution is 0.437. The third kappa shape index (κ3) is 4.28. The molecule has 0 amide bonds. The van der Waals surface area contributed by atoms with Crippen LogP contribution in [0.25, 0.3) is 0 Å². The molecule has 0 saturated heterocycles. The topological polar surface area (TPSA) is 90.0 Å². The second-order valence-corrected chi connectivity index (χ2v) is 7.40. The summed E-state index contributed by atoms with van der Waals surface area (Å²) >= 11 is 0. The van der Waals surface area contributed by atoms with Gasteiger partial charge >= 0.3 is 0 Å².